The lowest BCUT2D eigenvalue weighted by atomic mass is 10.1. The Kier molecular flexibility index (Phi) is 3.45. The van der Waals surface area contributed by atoms with Crippen LogP contribution >= 0.6 is 0 Å². The lowest BCUT2D eigenvalue weighted by Crippen LogP contribution is -2.00. The molecule has 0 spiro atoms. The second kappa shape index (κ2) is 4.60. The number of hydrogen-bond acceptors (Lipinski definition) is 4. The van der Waals surface area contributed by atoms with Gasteiger partial charge in [-0.1, -0.05) is 6.58 Å². The van der Waals surface area contributed by atoms with Crippen molar-refractivity contribution in [1.82, 2.24) is 0 Å². The zero-order valence-corrected chi connectivity index (χ0v) is 8.04. The van der Waals surface area contributed by atoms with Gasteiger partial charge in [0.25, 0.3) is 0 Å². The third-order valence-electron chi connectivity index (χ3n) is 2.06. The van der Waals surface area contributed by atoms with Crippen LogP contribution in [0.15, 0.2) is 24.0 Å². The molecule has 0 aromatic carbocycles. The first-order chi connectivity index (χ1) is 6.65. The topological polar surface area (TPSA) is 52.6 Å². The molecule has 0 bridgehead atoms. The summed E-state index contributed by atoms with van der Waals surface area (Å²) < 4.78 is 9.33. The van der Waals surface area contributed by atoms with Crippen LogP contribution in [0.5, 0.6) is 0 Å². The van der Waals surface area contributed by atoms with Crippen molar-refractivity contribution in [1.29, 1.82) is 0 Å². The monoisotopic (exact) mass is 196 g/mol. The van der Waals surface area contributed by atoms with E-state index in [4.69, 9.17) is 4.74 Å². The maximum Gasteiger partial charge on any atom is 0.334 e. The molecule has 0 aliphatic carbocycles. The summed E-state index contributed by atoms with van der Waals surface area (Å²) in [5.41, 5.74) is 1.48. The Bertz CT molecular complexity index is 301. The van der Waals surface area contributed by atoms with E-state index in [2.05, 4.69) is 11.3 Å². The fourth-order valence-electron chi connectivity index (χ4n) is 1.18. The summed E-state index contributed by atoms with van der Waals surface area (Å²) in [5, 5.41) is 0. The van der Waals surface area contributed by atoms with Crippen LogP contribution in [0.25, 0.3) is 0 Å². The minimum Gasteiger partial charge on any atom is -0.458 e. The molecule has 1 aliphatic rings. The minimum atomic E-state index is -0.348. The number of carbonyl (C=O) groups excluding carboxylic acids is 2. The van der Waals surface area contributed by atoms with Crippen molar-refractivity contribution in [2.45, 2.75) is 19.8 Å². The van der Waals surface area contributed by atoms with Gasteiger partial charge in [-0.05, 0) is 18.9 Å². The number of carbonyl (C=O) groups is 2. The zero-order chi connectivity index (χ0) is 10.6. The van der Waals surface area contributed by atoms with Crippen LogP contribution < -0.4 is 0 Å². The molecule has 0 radical (unpaired) electrons. The average molecular weight is 196 g/mol. The molecule has 1 rings (SSSR count). The van der Waals surface area contributed by atoms with E-state index >= 15 is 0 Å². The lowest BCUT2D eigenvalue weighted by Gasteiger charge is -1.99. The van der Waals surface area contributed by atoms with Crippen molar-refractivity contribution < 1.29 is 19.1 Å². The fraction of sp³-hybridized carbons (Fsp3) is 0.400. The smallest absolute Gasteiger partial charge is 0.334 e. The number of ether oxygens (including phenoxy) is 2. The van der Waals surface area contributed by atoms with Crippen LogP contribution in [-0.2, 0) is 19.1 Å². The van der Waals surface area contributed by atoms with Gasteiger partial charge < -0.3 is 9.47 Å². The van der Waals surface area contributed by atoms with Crippen molar-refractivity contribution >= 4 is 11.9 Å². The van der Waals surface area contributed by atoms with Gasteiger partial charge in [-0.15, -0.1) is 0 Å². The summed E-state index contributed by atoms with van der Waals surface area (Å²) in [7, 11) is 0. The number of esters is 2. The van der Waals surface area contributed by atoms with Crippen LogP contribution in [0.4, 0.5) is 0 Å². The number of rotatable bonds is 4. The van der Waals surface area contributed by atoms with E-state index < -0.39 is 0 Å². The molecular weight excluding hydrogens is 184 g/mol. The maximum absolute atomic E-state index is 10.9. The Labute approximate surface area is 82.2 Å². The van der Waals surface area contributed by atoms with Crippen molar-refractivity contribution in [2.24, 2.45) is 0 Å². The van der Waals surface area contributed by atoms with E-state index in [9.17, 15) is 9.59 Å². The minimum absolute atomic E-state index is 0.245. The Morgan fingerprint density at radius 2 is 2.43 bits per heavy atom. The predicted molar refractivity (Wildman–Crippen MR) is 49.2 cm³/mol. The summed E-state index contributed by atoms with van der Waals surface area (Å²) >= 11 is 0. The van der Waals surface area contributed by atoms with E-state index in [1.54, 1.807) is 6.92 Å². The van der Waals surface area contributed by atoms with Crippen LogP contribution in [0.1, 0.15) is 19.8 Å². The summed E-state index contributed by atoms with van der Waals surface area (Å²) in [6.07, 6.45) is 1.85. The molecule has 0 unspecified atom stereocenters. The van der Waals surface area contributed by atoms with Crippen molar-refractivity contribution in [3.63, 3.8) is 0 Å². The van der Waals surface area contributed by atoms with Crippen molar-refractivity contribution in [3.8, 4) is 0 Å². The Balaban J connectivity index is 2.42. The zero-order valence-electron chi connectivity index (χ0n) is 8.04. The summed E-state index contributed by atoms with van der Waals surface area (Å²) in [4.78, 5) is 21.9. The number of hydrogen-bond donors (Lipinski definition) is 0. The maximum atomic E-state index is 10.9. The third-order valence-corrected chi connectivity index (χ3v) is 2.06. The molecule has 1 aliphatic heterocycles. The first-order valence-corrected chi connectivity index (χ1v) is 4.31. The fourth-order valence-corrected chi connectivity index (χ4v) is 1.18. The van der Waals surface area contributed by atoms with Gasteiger partial charge in [-0.2, -0.15) is 0 Å². The van der Waals surface area contributed by atoms with Gasteiger partial charge in [-0.3, -0.25) is 4.79 Å². The summed E-state index contributed by atoms with van der Waals surface area (Å²) in [6, 6.07) is 0. The molecule has 4 nitrogen and oxygen atoms in total. The molecule has 0 fully saturated rings. The van der Waals surface area contributed by atoms with Gasteiger partial charge in [-0.25, -0.2) is 4.79 Å². The van der Waals surface area contributed by atoms with Gasteiger partial charge in [0.1, 0.15) is 6.61 Å². The average Bonchev–Trinajstić information content (AvgIpc) is 2.46. The molecule has 4 heteroatoms. The molecule has 0 saturated heterocycles. The largest absolute Gasteiger partial charge is 0.458 e. The lowest BCUT2D eigenvalue weighted by molar-refractivity contribution is -0.138. The van der Waals surface area contributed by atoms with E-state index in [0.29, 0.717) is 18.6 Å². The van der Waals surface area contributed by atoms with E-state index in [1.165, 1.54) is 0 Å². The van der Waals surface area contributed by atoms with Crippen molar-refractivity contribution in [2.75, 3.05) is 6.61 Å². The molecule has 1 heterocycles. The summed E-state index contributed by atoms with van der Waals surface area (Å²) in [5.74, 6) is -0.642. The second-order valence-corrected chi connectivity index (χ2v) is 2.96. The quantitative estimate of drug-likeness (QED) is 0.502. The highest BCUT2D eigenvalue weighted by Gasteiger charge is 2.20. The first-order valence-electron chi connectivity index (χ1n) is 4.31. The third kappa shape index (κ3) is 2.45. The van der Waals surface area contributed by atoms with Crippen molar-refractivity contribution in [3.05, 3.63) is 24.0 Å². The summed E-state index contributed by atoms with van der Waals surface area (Å²) in [6.45, 7) is 5.27. The Morgan fingerprint density at radius 1 is 1.71 bits per heavy atom. The SMILES string of the molecule is C=COC(=O)CCC1=C(C)C(=O)OC1. The molecular formula is C10H12O4. The molecule has 0 N–H and O–H groups in total. The molecule has 0 atom stereocenters. The molecule has 0 saturated carbocycles. The van der Waals surface area contributed by atoms with E-state index in [-0.39, 0.29) is 18.4 Å². The van der Waals surface area contributed by atoms with Gasteiger partial charge in [0, 0.05) is 12.0 Å². The van der Waals surface area contributed by atoms with Crippen LogP contribution in [0, 0.1) is 0 Å². The second-order valence-electron chi connectivity index (χ2n) is 2.96. The van der Waals surface area contributed by atoms with Gasteiger partial charge in [0.05, 0.1) is 6.26 Å². The molecule has 0 amide bonds. The predicted octanol–water partition coefficient (Wildman–Crippen LogP) is 1.33. The van der Waals surface area contributed by atoms with E-state index in [0.717, 1.165) is 11.8 Å². The number of cyclic esters (lactones) is 1. The first kappa shape index (κ1) is 10.5. The van der Waals surface area contributed by atoms with Gasteiger partial charge >= 0.3 is 11.9 Å². The highest BCUT2D eigenvalue weighted by Crippen LogP contribution is 2.19. The van der Waals surface area contributed by atoms with Crippen LogP contribution in [-0.4, -0.2) is 18.5 Å². The standard InChI is InChI=1S/C10H12O4/c1-3-13-9(11)5-4-8-6-14-10(12)7(8)2/h3H,1,4-6H2,2H3. The molecule has 0 aromatic rings. The van der Waals surface area contributed by atoms with Gasteiger partial charge in [0.15, 0.2) is 0 Å². The Hall–Kier alpha value is -1.58. The Morgan fingerprint density at radius 3 is 2.93 bits per heavy atom. The highest BCUT2D eigenvalue weighted by atomic mass is 16.5. The van der Waals surface area contributed by atoms with Gasteiger partial charge in [0.2, 0.25) is 0 Å². The molecule has 14 heavy (non-hydrogen) atoms. The molecule has 76 valence electrons. The normalized spacial score (nSPS) is 15.4. The van der Waals surface area contributed by atoms with Crippen LogP contribution in [0.2, 0.25) is 0 Å². The highest BCUT2D eigenvalue weighted by molar-refractivity contribution is 5.91. The van der Waals surface area contributed by atoms with E-state index in [1.807, 2.05) is 0 Å². The molecule has 0 aromatic heterocycles. The van der Waals surface area contributed by atoms with Crippen LogP contribution in [0.3, 0.4) is 0 Å².